The van der Waals surface area contributed by atoms with Crippen molar-refractivity contribution in [2.45, 2.75) is 31.9 Å². The van der Waals surface area contributed by atoms with Crippen molar-refractivity contribution in [3.05, 3.63) is 136 Å². The molecule has 0 bridgehead atoms. The molecule has 1 atom stereocenters. The highest BCUT2D eigenvalue weighted by Gasteiger charge is 2.32. The van der Waals surface area contributed by atoms with Crippen molar-refractivity contribution in [2.75, 3.05) is 0 Å². The van der Waals surface area contributed by atoms with E-state index in [-0.39, 0.29) is 17.4 Å². The number of ether oxygens (including phenoxy) is 1. The highest BCUT2D eigenvalue weighted by atomic mass is 35.5. The summed E-state index contributed by atoms with van der Waals surface area (Å²) in [7, 11) is 0. The number of hydrogen-bond donors (Lipinski definition) is 0. The summed E-state index contributed by atoms with van der Waals surface area (Å²) in [5.74, 6) is 0.0593. The predicted octanol–water partition coefficient (Wildman–Crippen LogP) is 7.39. The van der Waals surface area contributed by atoms with Gasteiger partial charge in [0.1, 0.15) is 5.75 Å². The summed E-state index contributed by atoms with van der Waals surface area (Å²) in [6, 6.07) is 21.2. The molecule has 1 aromatic heterocycles. The van der Waals surface area contributed by atoms with Gasteiger partial charge in [0.25, 0.3) is 5.56 Å². The zero-order valence-electron chi connectivity index (χ0n) is 21.0. The highest BCUT2D eigenvalue weighted by molar-refractivity contribution is 7.07. The maximum Gasteiger partial charge on any atom is 0.387 e. The van der Waals surface area contributed by atoms with E-state index in [0.29, 0.717) is 24.9 Å². The first-order chi connectivity index (χ1) is 19.4. The number of benzene rings is 3. The van der Waals surface area contributed by atoms with Crippen LogP contribution in [0.25, 0.3) is 12.2 Å². The van der Waals surface area contributed by atoms with E-state index >= 15 is 0 Å². The fourth-order valence-electron chi connectivity index (χ4n) is 5.16. The van der Waals surface area contributed by atoms with E-state index in [1.807, 2.05) is 48.5 Å². The Morgan fingerprint density at radius 1 is 0.900 bits per heavy atom. The maximum absolute atomic E-state index is 13.8. The molecule has 6 rings (SSSR count). The number of nitrogens with zero attached hydrogens (tertiary/aromatic N) is 2. The molecule has 4 aromatic rings. The molecule has 0 unspecified atom stereocenters. The second kappa shape index (κ2) is 11.2. The summed E-state index contributed by atoms with van der Waals surface area (Å²) < 4.78 is 31.8. The van der Waals surface area contributed by atoms with Crippen LogP contribution >= 0.6 is 34.5 Å². The molecule has 0 amide bonds. The molecular formula is C31H22Cl2F2N2O2S. The van der Waals surface area contributed by atoms with Crippen molar-refractivity contribution < 1.29 is 13.5 Å². The minimum absolute atomic E-state index is 0.0593. The van der Waals surface area contributed by atoms with Crippen LogP contribution in [0.1, 0.15) is 42.0 Å². The lowest BCUT2D eigenvalue weighted by Gasteiger charge is -2.31. The van der Waals surface area contributed by atoms with Crippen LogP contribution in [0.15, 0.2) is 99.4 Å². The molecule has 0 fully saturated rings. The minimum atomic E-state index is -2.90. The van der Waals surface area contributed by atoms with E-state index in [1.165, 1.54) is 23.5 Å². The topological polar surface area (TPSA) is 43.6 Å². The summed E-state index contributed by atoms with van der Waals surface area (Å²) in [6.07, 6.45) is 6.53. The van der Waals surface area contributed by atoms with Gasteiger partial charge in [-0.25, -0.2) is 4.99 Å². The molecule has 1 aliphatic carbocycles. The van der Waals surface area contributed by atoms with Crippen LogP contribution in [0, 0.1) is 0 Å². The van der Waals surface area contributed by atoms with Gasteiger partial charge in [-0.1, -0.05) is 70.9 Å². The van der Waals surface area contributed by atoms with Crippen molar-refractivity contribution in [3.63, 3.8) is 0 Å². The minimum Gasteiger partial charge on any atom is -0.435 e. The fraction of sp³-hybridized carbons (Fsp3) is 0.161. The Labute approximate surface area is 242 Å². The fourth-order valence-corrected chi connectivity index (χ4v) is 6.41. The van der Waals surface area contributed by atoms with Crippen LogP contribution < -0.4 is 19.6 Å². The molecule has 1 aliphatic heterocycles. The summed E-state index contributed by atoms with van der Waals surface area (Å²) in [6.45, 7) is -2.90. The number of thiazole rings is 1. The lowest BCUT2D eigenvalue weighted by molar-refractivity contribution is -0.0498. The van der Waals surface area contributed by atoms with Crippen LogP contribution in [0.5, 0.6) is 5.75 Å². The Kier molecular flexibility index (Phi) is 7.45. The first kappa shape index (κ1) is 26.7. The van der Waals surface area contributed by atoms with Crippen LogP contribution in [0.2, 0.25) is 10.0 Å². The van der Waals surface area contributed by atoms with Gasteiger partial charge in [-0.05, 0) is 95.6 Å². The summed E-state index contributed by atoms with van der Waals surface area (Å²) in [4.78, 5) is 19.5. The molecule has 2 aliphatic rings. The van der Waals surface area contributed by atoms with Gasteiger partial charge < -0.3 is 4.74 Å². The Bertz CT molecular complexity index is 1810. The van der Waals surface area contributed by atoms with E-state index in [4.69, 9.17) is 28.2 Å². The summed E-state index contributed by atoms with van der Waals surface area (Å²) in [5, 5.41) is 1.30. The van der Waals surface area contributed by atoms with Crippen molar-refractivity contribution >= 4 is 46.7 Å². The van der Waals surface area contributed by atoms with Crippen LogP contribution in [0.4, 0.5) is 8.78 Å². The van der Waals surface area contributed by atoms with E-state index in [2.05, 4.69) is 10.8 Å². The van der Waals surface area contributed by atoms with E-state index < -0.39 is 6.61 Å². The molecular weight excluding hydrogens is 573 g/mol. The first-order valence-electron chi connectivity index (χ1n) is 12.7. The highest BCUT2D eigenvalue weighted by Crippen LogP contribution is 2.41. The van der Waals surface area contributed by atoms with Gasteiger partial charge in [-0.2, -0.15) is 8.78 Å². The number of fused-ring (bicyclic) bond motifs is 1. The number of allylic oxidation sites excluding steroid dienone is 2. The van der Waals surface area contributed by atoms with Gasteiger partial charge in [-0.3, -0.25) is 9.36 Å². The lowest BCUT2D eigenvalue weighted by atomic mass is 9.84. The van der Waals surface area contributed by atoms with Gasteiger partial charge in [-0.15, -0.1) is 0 Å². The van der Waals surface area contributed by atoms with E-state index in [9.17, 15) is 13.6 Å². The third-order valence-electron chi connectivity index (χ3n) is 6.93. The normalized spacial score (nSPS) is 18.1. The zero-order valence-corrected chi connectivity index (χ0v) is 23.3. The zero-order chi connectivity index (χ0) is 27.8. The molecule has 202 valence electrons. The molecule has 0 saturated carbocycles. The number of aromatic nitrogens is 1. The standard InChI is InChI=1S/C31H22Cl2F2N2O2S/c32-22-10-4-18(5-11-22)16-21-2-1-3-25-27(21)36-31-37(28(25)20-8-12-23(33)13-9-20)29(38)26(40-31)17-19-6-14-24(15-7-19)39-30(34)35/h4-17,28,30H,1-3H2/b21-16-,26-17-/t28-/m1/s1. The number of hydrogen-bond acceptors (Lipinski definition) is 4. The molecule has 0 spiro atoms. The average Bonchev–Trinajstić information content (AvgIpc) is 3.25. The third kappa shape index (κ3) is 5.42. The molecule has 4 nitrogen and oxygen atoms in total. The quantitative estimate of drug-likeness (QED) is 0.242. The molecule has 9 heteroatoms. The smallest absolute Gasteiger partial charge is 0.387 e. The lowest BCUT2D eigenvalue weighted by Crippen LogP contribution is -2.39. The first-order valence-corrected chi connectivity index (χ1v) is 14.2. The average molecular weight is 595 g/mol. The second-order valence-corrected chi connectivity index (χ2v) is 11.4. The van der Waals surface area contributed by atoms with Crippen molar-refractivity contribution in [1.29, 1.82) is 0 Å². The summed E-state index contributed by atoms with van der Waals surface area (Å²) >= 11 is 13.6. The van der Waals surface area contributed by atoms with Crippen LogP contribution in [-0.2, 0) is 0 Å². The van der Waals surface area contributed by atoms with Gasteiger partial charge >= 0.3 is 6.61 Å². The Morgan fingerprint density at radius 2 is 1.52 bits per heavy atom. The largest absolute Gasteiger partial charge is 0.435 e. The SMILES string of the molecule is O=c1/c(=C/c2ccc(OC(F)F)cc2)sc2n1[C@H](c1ccc(Cl)cc1)C1=C(N=2)/C(=C\c2ccc(Cl)cc2)CCC1. The molecule has 3 aromatic carbocycles. The number of halogens is 4. The molecule has 0 saturated heterocycles. The third-order valence-corrected chi connectivity index (χ3v) is 8.42. The van der Waals surface area contributed by atoms with E-state index in [0.717, 1.165) is 47.2 Å². The Hall–Kier alpha value is -3.52. The number of alkyl halides is 2. The Balaban J connectivity index is 1.50. The second-order valence-electron chi connectivity index (χ2n) is 9.53. The van der Waals surface area contributed by atoms with Gasteiger partial charge in [0.05, 0.1) is 16.3 Å². The molecule has 2 heterocycles. The molecule has 40 heavy (non-hydrogen) atoms. The summed E-state index contributed by atoms with van der Waals surface area (Å²) in [5.41, 5.74) is 5.67. The van der Waals surface area contributed by atoms with Crippen LogP contribution in [-0.4, -0.2) is 11.2 Å². The van der Waals surface area contributed by atoms with E-state index in [1.54, 1.807) is 22.8 Å². The van der Waals surface area contributed by atoms with Gasteiger partial charge in [0, 0.05) is 10.0 Å². The van der Waals surface area contributed by atoms with Crippen molar-refractivity contribution in [2.24, 2.45) is 4.99 Å². The molecule has 0 N–H and O–H groups in total. The number of rotatable bonds is 5. The Morgan fingerprint density at radius 3 is 2.20 bits per heavy atom. The van der Waals surface area contributed by atoms with Crippen molar-refractivity contribution in [3.8, 4) is 5.75 Å². The molecule has 0 radical (unpaired) electrons. The maximum atomic E-state index is 13.8. The predicted molar refractivity (Wildman–Crippen MR) is 156 cm³/mol. The monoisotopic (exact) mass is 594 g/mol. The van der Waals surface area contributed by atoms with Gasteiger partial charge in [0.15, 0.2) is 4.80 Å². The van der Waals surface area contributed by atoms with Crippen LogP contribution in [0.3, 0.4) is 0 Å². The van der Waals surface area contributed by atoms with Crippen molar-refractivity contribution in [1.82, 2.24) is 4.57 Å². The van der Waals surface area contributed by atoms with Gasteiger partial charge in [0.2, 0.25) is 0 Å².